The highest BCUT2D eigenvalue weighted by atomic mass is 15.1. The Morgan fingerprint density at radius 2 is 1.90 bits per heavy atom. The molecule has 0 bridgehead atoms. The van der Waals surface area contributed by atoms with Gasteiger partial charge in [0.2, 0.25) is 0 Å². The summed E-state index contributed by atoms with van der Waals surface area (Å²) in [6.07, 6.45) is 8.02. The average molecular weight is 288 g/mol. The maximum Gasteiger partial charge on any atom is 0.0412 e. The van der Waals surface area contributed by atoms with E-state index in [1.54, 1.807) is 0 Å². The van der Waals surface area contributed by atoms with Crippen molar-refractivity contribution in [3.05, 3.63) is 29.8 Å². The third-order valence-corrected chi connectivity index (χ3v) is 4.78. The van der Waals surface area contributed by atoms with E-state index in [-0.39, 0.29) is 0 Å². The van der Waals surface area contributed by atoms with Crippen LogP contribution in [0, 0.1) is 5.92 Å². The highest BCUT2D eigenvalue weighted by Crippen LogP contribution is 2.31. The van der Waals surface area contributed by atoms with Crippen molar-refractivity contribution in [3.8, 4) is 0 Å². The van der Waals surface area contributed by atoms with Crippen molar-refractivity contribution in [2.24, 2.45) is 5.92 Å². The maximum absolute atomic E-state index is 3.70. The fraction of sp³-hybridized carbons (Fsp3) is 0.684. The first-order valence-electron chi connectivity index (χ1n) is 8.79. The van der Waals surface area contributed by atoms with E-state index in [1.807, 2.05) is 0 Å². The van der Waals surface area contributed by atoms with E-state index in [4.69, 9.17) is 0 Å². The van der Waals surface area contributed by atoms with Crippen molar-refractivity contribution in [3.63, 3.8) is 0 Å². The summed E-state index contributed by atoms with van der Waals surface area (Å²) < 4.78 is 0. The number of nitrogens with one attached hydrogen (secondary N) is 1. The summed E-state index contributed by atoms with van der Waals surface area (Å²) in [7, 11) is 2.27. The predicted octanol–water partition coefficient (Wildman–Crippen LogP) is 4.76. The SMILES string of the molecule is CCCNC(CC)c1ccccc1N(C)CC1CCCC1. The van der Waals surface area contributed by atoms with Crippen LogP contribution in [0.4, 0.5) is 5.69 Å². The number of nitrogens with zero attached hydrogens (tertiary/aromatic N) is 1. The van der Waals surface area contributed by atoms with Crippen LogP contribution in [-0.2, 0) is 0 Å². The normalized spacial score (nSPS) is 17.1. The van der Waals surface area contributed by atoms with Crippen molar-refractivity contribution in [2.45, 2.75) is 58.4 Å². The van der Waals surface area contributed by atoms with Crippen LogP contribution in [0.25, 0.3) is 0 Å². The van der Waals surface area contributed by atoms with Crippen molar-refractivity contribution in [1.29, 1.82) is 0 Å². The molecule has 2 heteroatoms. The second kappa shape index (κ2) is 8.43. The number of hydrogen-bond acceptors (Lipinski definition) is 2. The zero-order valence-corrected chi connectivity index (χ0v) is 14.1. The molecule has 0 amide bonds. The number of hydrogen-bond donors (Lipinski definition) is 1. The van der Waals surface area contributed by atoms with E-state index in [9.17, 15) is 0 Å². The Hall–Kier alpha value is -1.02. The molecule has 0 heterocycles. The Kier molecular flexibility index (Phi) is 6.56. The zero-order valence-electron chi connectivity index (χ0n) is 14.1. The Labute approximate surface area is 130 Å². The second-order valence-electron chi connectivity index (χ2n) is 6.50. The van der Waals surface area contributed by atoms with Crippen LogP contribution in [-0.4, -0.2) is 20.1 Å². The minimum Gasteiger partial charge on any atom is -0.374 e. The molecule has 0 radical (unpaired) electrons. The summed E-state index contributed by atoms with van der Waals surface area (Å²) in [6.45, 7) is 6.82. The third kappa shape index (κ3) is 4.47. The first kappa shape index (κ1) is 16.4. The predicted molar refractivity (Wildman–Crippen MR) is 93.0 cm³/mol. The molecule has 2 rings (SSSR count). The van der Waals surface area contributed by atoms with E-state index in [1.165, 1.54) is 49.9 Å². The Balaban J connectivity index is 2.10. The zero-order chi connectivity index (χ0) is 15.1. The quantitative estimate of drug-likeness (QED) is 0.741. The third-order valence-electron chi connectivity index (χ3n) is 4.78. The van der Waals surface area contributed by atoms with Gasteiger partial charge in [-0.25, -0.2) is 0 Å². The molecule has 1 aromatic carbocycles. The number of anilines is 1. The largest absolute Gasteiger partial charge is 0.374 e. The van der Waals surface area contributed by atoms with Crippen LogP contribution in [0.15, 0.2) is 24.3 Å². The smallest absolute Gasteiger partial charge is 0.0412 e. The highest BCUT2D eigenvalue weighted by Gasteiger charge is 2.20. The Morgan fingerprint density at radius 1 is 1.19 bits per heavy atom. The maximum atomic E-state index is 3.70. The number of para-hydroxylation sites is 1. The molecule has 1 aliphatic rings. The van der Waals surface area contributed by atoms with Crippen LogP contribution in [0.1, 0.15) is 64.0 Å². The van der Waals surface area contributed by atoms with Crippen LogP contribution in [0.2, 0.25) is 0 Å². The molecule has 1 atom stereocenters. The molecule has 1 saturated carbocycles. The Bertz CT molecular complexity index is 410. The molecule has 0 saturated heterocycles. The lowest BCUT2D eigenvalue weighted by Gasteiger charge is -2.28. The molecular formula is C19H32N2. The molecule has 0 spiro atoms. The first-order valence-corrected chi connectivity index (χ1v) is 8.79. The van der Waals surface area contributed by atoms with Crippen molar-refractivity contribution in [1.82, 2.24) is 5.32 Å². The minimum atomic E-state index is 0.479. The summed E-state index contributed by atoms with van der Waals surface area (Å²) in [4.78, 5) is 2.49. The lowest BCUT2D eigenvalue weighted by Crippen LogP contribution is -2.28. The monoisotopic (exact) mass is 288 g/mol. The molecule has 0 aromatic heterocycles. The molecule has 0 aliphatic heterocycles. The lowest BCUT2D eigenvalue weighted by atomic mass is 10.0. The number of rotatable bonds is 8. The van der Waals surface area contributed by atoms with E-state index in [0.717, 1.165) is 18.9 Å². The summed E-state index contributed by atoms with van der Waals surface area (Å²) in [5.74, 6) is 0.895. The first-order chi connectivity index (χ1) is 10.3. The second-order valence-corrected chi connectivity index (χ2v) is 6.50. The topological polar surface area (TPSA) is 15.3 Å². The standard InChI is InChI=1S/C19H32N2/c1-4-14-20-18(5-2)17-12-8-9-13-19(17)21(3)15-16-10-6-7-11-16/h8-9,12-13,16,18,20H,4-7,10-11,14-15H2,1-3H3. The Morgan fingerprint density at radius 3 is 2.57 bits per heavy atom. The van der Waals surface area contributed by atoms with Gasteiger partial charge in [0.25, 0.3) is 0 Å². The van der Waals surface area contributed by atoms with E-state index < -0.39 is 0 Å². The number of benzene rings is 1. The van der Waals surface area contributed by atoms with Gasteiger partial charge in [-0.2, -0.15) is 0 Å². The van der Waals surface area contributed by atoms with E-state index in [2.05, 4.69) is 55.4 Å². The molecule has 2 nitrogen and oxygen atoms in total. The van der Waals surface area contributed by atoms with Crippen molar-refractivity contribution < 1.29 is 0 Å². The molecule has 1 unspecified atom stereocenters. The molecular weight excluding hydrogens is 256 g/mol. The van der Waals surface area contributed by atoms with Crippen LogP contribution < -0.4 is 10.2 Å². The van der Waals surface area contributed by atoms with Crippen LogP contribution >= 0.6 is 0 Å². The van der Waals surface area contributed by atoms with Gasteiger partial charge < -0.3 is 10.2 Å². The van der Waals surface area contributed by atoms with Crippen molar-refractivity contribution in [2.75, 3.05) is 25.0 Å². The fourth-order valence-electron chi connectivity index (χ4n) is 3.60. The minimum absolute atomic E-state index is 0.479. The van der Waals surface area contributed by atoms with Gasteiger partial charge in [0.15, 0.2) is 0 Å². The van der Waals surface area contributed by atoms with Crippen LogP contribution in [0.3, 0.4) is 0 Å². The summed E-state index contributed by atoms with van der Waals surface area (Å²) in [5.41, 5.74) is 2.88. The van der Waals surface area contributed by atoms with Gasteiger partial charge in [-0.15, -0.1) is 0 Å². The van der Waals surface area contributed by atoms with E-state index >= 15 is 0 Å². The fourth-order valence-corrected chi connectivity index (χ4v) is 3.60. The van der Waals surface area contributed by atoms with Crippen LogP contribution in [0.5, 0.6) is 0 Å². The van der Waals surface area contributed by atoms with Gasteiger partial charge in [-0.3, -0.25) is 0 Å². The van der Waals surface area contributed by atoms with Crippen molar-refractivity contribution >= 4 is 5.69 Å². The lowest BCUT2D eigenvalue weighted by molar-refractivity contribution is 0.513. The molecule has 21 heavy (non-hydrogen) atoms. The summed E-state index contributed by atoms with van der Waals surface area (Å²) in [6, 6.07) is 9.43. The van der Waals surface area contributed by atoms with Gasteiger partial charge in [-0.05, 0) is 49.8 Å². The summed E-state index contributed by atoms with van der Waals surface area (Å²) >= 11 is 0. The van der Waals surface area contributed by atoms with Gasteiger partial charge in [0.1, 0.15) is 0 Å². The average Bonchev–Trinajstić information content (AvgIpc) is 3.01. The molecule has 118 valence electrons. The van der Waals surface area contributed by atoms with Gasteiger partial charge >= 0.3 is 0 Å². The van der Waals surface area contributed by atoms with Gasteiger partial charge in [0.05, 0.1) is 0 Å². The molecule has 1 N–H and O–H groups in total. The summed E-state index contributed by atoms with van der Waals surface area (Å²) in [5, 5.41) is 3.70. The highest BCUT2D eigenvalue weighted by molar-refractivity contribution is 5.54. The molecule has 1 aliphatic carbocycles. The van der Waals surface area contributed by atoms with E-state index in [0.29, 0.717) is 6.04 Å². The molecule has 1 fully saturated rings. The van der Waals surface area contributed by atoms with Gasteiger partial charge in [-0.1, -0.05) is 44.9 Å². The molecule has 1 aromatic rings. The van der Waals surface area contributed by atoms with Gasteiger partial charge in [0, 0.05) is 25.3 Å².